The lowest BCUT2D eigenvalue weighted by atomic mass is 9.93. The number of ether oxygens (including phenoxy) is 2. The Bertz CT molecular complexity index is 800. The van der Waals surface area contributed by atoms with E-state index in [1.54, 1.807) is 0 Å². The third-order valence-electron chi connectivity index (χ3n) is 11.4. The fourth-order valence-corrected chi connectivity index (χ4v) is 7.71. The largest absolute Gasteiger partial charge is 0.466 e. The van der Waals surface area contributed by atoms with Crippen molar-refractivity contribution in [2.45, 2.75) is 252 Å². The summed E-state index contributed by atoms with van der Waals surface area (Å²) in [4.78, 5) is 38.3. The molecule has 326 valence electrons. The van der Waals surface area contributed by atoms with Gasteiger partial charge >= 0.3 is 11.9 Å². The van der Waals surface area contributed by atoms with E-state index < -0.39 is 0 Å². The maximum absolute atomic E-state index is 12.8. The number of unbranched alkanes of at least 4 members (excludes halogenated alkanes) is 20. The standard InChI is InChI=1S/C48H94N2O5/c1-5-9-13-15-19-25-34-46(35-26-20-16-14-10-6-2)55-48(53)37-28-22-18-24-30-41-50(42-31-39-49-44-51)40-29-23-17-21-27-36-47(52)54-43-38-45(32-11-7-3)33-12-8-4/h44-46H,5-43H2,1-4H3,(H,49,51). The predicted molar refractivity (Wildman–Crippen MR) is 235 cm³/mol. The second-order valence-electron chi connectivity index (χ2n) is 16.7. The number of carbonyl (C=O) groups is 3. The summed E-state index contributed by atoms with van der Waals surface area (Å²) in [5.41, 5.74) is 0. The number of hydrogen-bond donors (Lipinski definition) is 1. The summed E-state index contributed by atoms with van der Waals surface area (Å²) in [6.07, 6.45) is 40.0. The highest BCUT2D eigenvalue weighted by atomic mass is 16.5. The van der Waals surface area contributed by atoms with Crippen molar-refractivity contribution >= 4 is 18.3 Å². The van der Waals surface area contributed by atoms with Crippen molar-refractivity contribution in [1.82, 2.24) is 10.2 Å². The number of rotatable bonds is 45. The Hall–Kier alpha value is -1.63. The van der Waals surface area contributed by atoms with Crippen LogP contribution < -0.4 is 5.32 Å². The van der Waals surface area contributed by atoms with E-state index >= 15 is 0 Å². The second-order valence-corrected chi connectivity index (χ2v) is 16.7. The number of esters is 2. The summed E-state index contributed by atoms with van der Waals surface area (Å²) in [7, 11) is 0. The van der Waals surface area contributed by atoms with Crippen molar-refractivity contribution < 1.29 is 23.9 Å². The monoisotopic (exact) mass is 779 g/mol. The topological polar surface area (TPSA) is 84.9 Å². The Kier molecular flexibility index (Phi) is 42.2. The maximum Gasteiger partial charge on any atom is 0.306 e. The Morgan fingerprint density at radius 2 is 0.927 bits per heavy atom. The van der Waals surface area contributed by atoms with Crippen molar-refractivity contribution in [3.63, 3.8) is 0 Å². The van der Waals surface area contributed by atoms with Crippen LogP contribution >= 0.6 is 0 Å². The van der Waals surface area contributed by atoms with Crippen molar-refractivity contribution in [3.05, 3.63) is 0 Å². The van der Waals surface area contributed by atoms with Gasteiger partial charge in [-0.15, -0.1) is 0 Å². The lowest BCUT2D eigenvalue weighted by molar-refractivity contribution is -0.150. The van der Waals surface area contributed by atoms with Gasteiger partial charge in [0.05, 0.1) is 6.61 Å². The molecule has 0 rings (SSSR count). The molecule has 0 spiro atoms. The number of nitrogens with zero attached hydrogens (tertiary/aromatic N) is 1. The van der Waals surface area contributed by atoms with Gasteiger partial charge in [-0.2, -0.15) is 0 Å². The molecule has 55 heavy (non-hydrogen) atoms. The molecule has 0 aromatic rings. The van der Waals surface area contributed by atoms with Crippen LogP contribution in [-0.4, -0.2) is 62.1 Å². The zero-order valence-corrected chi connectivity index (χ0v) is 37.3. The lowest BCUT2D eigenvalue weighted by Gasteiger charge is -2.22. The van der Waals surface area contributed by atoms with Crippen molar-refractivity contribution in [2.75, 3.05) is 32.8 Å². The molecule has 0 heterocycles. The normalized spacial score (nSPS) is 11.5. The minimum Gasteiger partial charge on any atom is -0.466 e. The molecule has 0 bridgehead atoms. The zero-order chi connectivity index (χ0) is 40.3. The van der Waals surface area contributed by atoms with Gasteiger partial charge in [-0.05, 0) is 89.8 Å². The summed E-state index contributed by atoms with van der Waals surface area (Å²) >= 11 is 0. The van der Waals surface area contributed by atoms with Crippen LogP contribution in [0.25, 0.3) is 0 Å². The highest BCUT2D eigenvalue weighted by molar-refractivity contribution is 5.69. The van der Waals surface area contributed by atoms with Crippen molar-refractivity contribution in [2.24, 2.45) is 5.92 Å². The molecule has 0 atom stereocenters. The molecule has 7 heteroatoms. The summed E-state index contributed by atoms with van der Waals surface area (Å²) in [6.45, 7) is 13.5. The first-order chi connectivity index (χ1) is 27.0. The number of carbonyl (C=O) groups excluding carboxylic acids is 3. The molecule has 0 radical (unpaired) electrons. The Morgan fingerprint density at radius 3 is 1.44 bits per heavy atom. The van der Waals surface area contributed by atoms with Crippen molar-refractivity contribution in [1.29, 1.82) is 0 Å². The smallest absolute Gasteiger partial charge is 0.306 e. The summed E-state index contributed by atoms with van der Waals surface area (Å²) in [5, 5.41) is 2.80. The molecule has 0 aromatic heterocycles. The van der Waals surface area contributed by atoms with E-state index in [1.165, 1.54) is 141 Å². The fourth-order valence-electron chi connectivity index (χ4n) is 7.71. The zero-order valence-electron chi connectivity index (χ0n) is 37.3. The van der Waals surface area contributed by atoms with Gasteiger partial charge in [0.1, 0.15) is 6.10 Å². The Morgan fingerprint density at radius 1 is 0.491 bits per heavy atom. The highest BCUT2D eigenvalue weighted by Crippen LogP contribution is 2.21. The van der Waals surface area contributed by atoms with E-state index in [-0.39, 0.29) is 18.0 Å². The average molecular weight is 779 g/mol. The molecule has 0 fully saturated rings. The summed E-state index contributed by atoms with van der Waals surface area (Å²) in [6, 6.07) is 0. The average Bonchev–Trinajstić information content (AvgIpc) is 3.18. The van der Waals surface area contributed by atoms with Gasteiger partial charge in [-0.1, -0.05) is 169 Å². The van der Waals surface area contributed by atoms with Crippen LogP contribution in [0.2, 0.25) is 0 Å². The van der Waals surface area contributed by atoms with E-state index in [1.807, 2.05) is 0 Å². The van der Waals surface area contributed by atoms with E-state index in [2.05, 4.69) is 37.9 Å². The Labute approximate surface area is 342 Å². The molecule has 0 aromatic carbocycles. The molecule has 0 aliphatic carbocycles. The molecule has 0 aliphatic rings. The van der Waals surface area contributed by atoms with Crippen LogP contribution in [-0.2, 0) is 23.9 Å². The summed E-state index contributed by atoms with van der Waals surface area (Å²) in [5.74, 6) is 0.694. The molecule has 1 N–H and O–H groups in total. The van der Waals surface area contributed by atoms with Gasteiger partial charge in [-0.25, -0.2) is 0 Å². The van der Waals surface area contributed by atoms with E-state index in [4.69, 9.17) is 9.47 Å². The van der Waals surface area contributed by atoms with Crippen LogP contribution in [0, 0.1) is 5.92 Å². The molecule has 0 saturated carbocycles. The first-order valence-electron chi connectivity index (χ1n) is 24.2. The predicted octanol–water partition coefficient (Wildman–Crippen LogP) is 13.4. The second kappa shape index (κ2) is 43.5. The SMILES string of the molecule is CCCCCCCCC(CCCCCCCC)OC(=O)CCCCCCCN(CCCCCCCC(=O)OCCC(CCCC)CCCC)CCCNC=O. The minimum absolute atomic E-state index is 0.0148. The van der Waals surface area contributed by atoms with Crippen LogP contribution in [0.4, 0.5) is 0 Å². The molecule has 1 amide bonds. The molecular weight excluding hydrogens is 685 g/mol. The first-order valence-corrected chi connectivity index (χ1v) is 24.2. The van der Waals surface area contributed by atoms with Gasteiger partial charge in [0.15, 0.2) is 0 Å². The van der Waals surface area contributed by atoms with E-state index in [9.17, 15) is 14.4 Å². The fraction of sp³-hybridized carbons (Fsp3) is 0.938. The molecule has 7 nitrogen and oxygen atoms in total. The van der Waals surface area contributed by atoms with Gasteiger partial charge in [0, 0.05) is 19.4 Å². The van der Waals surface area contributed by atoms with Crippen LogP contribution in [0.15, 0.2) is 0 Å². The third-order valence-corrected chi connectivity index (χ3v) is 11.4. The van der Waals surface area contributed by atoms with Gasteiger partial charge in [0.25, 0.3) is 0 Å². The molecule has 0 saturated heterocycles. The Balaban J connectivity index is 4.26. The van der Waals surface area contributed by atoms with Crippen LogP contribution in [0.3, 0.4) is 0 Å². The van der Waals surface area contributed by atoms with Gasteiger partial charge in [-0.3, -0.25) is 14.4 Å². The van der Waals surface area contributed by atoms with Crippen LogP contribution in [0.5, 0.6) is 0 Å². The number of amides is 1. The molecular formula is C48H94N2O5. The highest BCUT2D eigenvalue weighted by Gasteiger charge is 2.15. The minimum atomic E-state index is -0.0222. The lowest BCUT2D eigenvalue weighted by Crippen LogP contribution is -2.29. The van der Waals surface area contributed by atoms with Gasteiger partial charge in [0.2, 0.25) is 6.41 Å². The van der Waals surface area contributed by atoms with Gasteiger partial charge < -0.3 is 19.7 Å². The van der Waals surface area contributed by atoms with E-state index in [0.717, 1.165) is 96.8 Å². The molecule has 0 aliphatic heterocycles. The molecule has 0 unspecified atom stereocenters. The van der Waals surface area contributed by atoms with Crippen molar-refractivity contribution in [3.8, 4) is 0 Å². The first kappa shape index (κ1) is 53.4. The summed E-state index contributed by atoms with van der Waals surface area (Å²) < 4.78 is 11.6. The third kappa shape index (κ3) is 39.0. The van der Waals surface area contributed by atoms with Crippen LogP contribution in [0.1, 0.15) is 246 Å². The quantitative estimate of drug-likeness (QED) is 0.0376. The van der Waals surface area contributed by atoms with E-state index in [0.29, 0.717) is 25.4 Å². The maximum atomic E-state index is 12.8. The number of hydrogen-bond acceptors (Lipinski definition) is 6. The number of nitrogens with one attached hydrogen (secondary N) is 1.